The molecule has 1 fully saturated rings. The van der Waals surface area contributed by atoms with E-state index in [4.69, 9.17) is 16.7 Å². The Hall–Kier alpha value is -1.95. The van der Waals surface area contributed by atoms with E-state index in [1.165, 1.54) is 12.3 Å². The second-order valence-corrected chi connectivity index (χ2v) is 4.81. The van der Waals surface area contributed by atoms with Gasteiger partial charge in [0.25, 0.3) is 0 Å². The number of hydrogen-bond donors (Lipinski definition) is 1. The minimum Gasteiger partial charge on any atom is -0.477 e. The van der Waals surface area contributed by atoms with Crippen molar-refractivity contribution in [3.8, 4) is 5.82 Å². The van der Waals surface area contributed by atoms with Gasteiger partial charge in [-0.15, -0.1) is 0 Å². The zero-order chi connectivity index (χ0) is 13.6. The smallest absolute Gasteiger partial charge is 0.354 e. The van der Waals surface area contributed by atoms with Crippen molar-refractivity contribution in [3.05, 3.63) is 40.8 Å². The van der Waals surface area contributed by atoms with E-state index < -0.39 is 11.6 Å². The van der Waals surface area contributed by atoms with Gasteiger partial charge in [-0.05, 0) is 31.0 Å². The number of nitrogens with zero attached hydrogens (tertiary/aromatic N) is 3. The zero-order valence-electron chi connectivity index (χ0n) is 9.68. The van der Waals surface area contributed by atoms with Crippen LogP contribution < -0.4 is 0 Å². The molecule has 0 saturated heterocycles. The van der Waals surface area contributed by atoms with Gasteiger partial charge in [0.05, 0.1) is 5.02 Å². The van der Waals surface area contributed by atoms with E-state index >= 15 is 0 Å². The Balaban J connectivity index is 2.17. The Labute approximate surface area is 112 Å². The molecular weight excluding hydrogens is 273 g/mol. The molecule has 3 rings (SSSR count). The summed E-state index contributed by atoms with van der Waals surface area (Å²) >= 11 is 5.96. The molecule has 19 heavy (non-hydrogen) atoms. The van der Waals surface area contributed by atoms with Crippen molar-refractivity contribution in [1.82, 2.24) is 14.8 Å². The SMILES string of the molecule is O=C(O)c1cc(C2(F)CC2)nn1-c1ncccc1Cl. The van der Waals surface area contributed by atoms with Crippen LogP contribution in [-0.2, 0) is 5.67 Å². The van der Waals surface area contributed by atoms with Gasteiger partial charge in [-0.2, -0.15) is 5.10 Å². The lowest BCUT2D eigenvalue weighted by Crippen LogP contribution is -2.10. The van der Waals surface area contributed by atoms with Crippen molar-refractivity contribution >= 4 is 17.6 Å². The van der Waals surface area contributed by atoms with E-state index in [0.717, 1.165) is 4.68 Å². The quantitative estimate of drug-likeness (QED) is 0.939. The van der Waals surface area contributed by atoms with E-state index in [9.17, 15) is 9.18 Å². The monoisotopic (exact) mass is 281 g/mol. The molecule has 0 amide bonds. The average Bonchev–Trinajstić information content (AvgIpc) is 2.96. The van der Waals surface area contributed by atoms with Crippen LogP contribution in [0.25, 0.3) is 5.82 Å². The topological polar surface area (TPSA) is 68.0 Å². The minimum atomic E-state index is -1.50. The third-order valence-corrected chi connectivity index (χ3v) is 3.31. The summed E-state index contributed by atoms with van der Waals surface area (Å²) in [6, 6.07) is 4.42. The minimum absolute atomic E-state index is 0.117. The highest BCUT2D eigenvalue weighted by molar-refractivity contribution is 6.32. The summed E-state index contributed by atoms with van der Waals surface area (Å²) in [5.74, 6) is -1.03. The van der Waals surface area contributed by atoms with Crippen LogP contribution >= 0.6 is 11.6 Å². The number of halogens is 2. The van der Waals surface area contributed by atoms with E-state index in [1.807, 2.05) is 0 Å². The summed E-state index contributed by atoms with van der Waals surface area (Å²) in [7, 11) is 0. The second-order valence-electron chi connectivity index (χ2n) is 4.41. The molecular formula is C12H9ClFN3O2. The van der Waals surface area contributed by atoms with Crippen molar-refractivity contribution in [2.75, 3.05) is 0 Å². The fraction of sp³-hybridized carbons (Fsp3) is 0.250. The molecule has 0 unspecified atom stereocenters. The largest absolute Gasteiger partial charge is 0.477 e. The van der Waals surface area contributed by atoms with E-state index in [2.05, 4.69) is 10.1 Å². The van der Waals surface area contributed by atoms with Gasteiger partial charge >= 0.3 is 5.97 Å². The van der Waals surface area contributed by atoms with Crippen LogP contribution in [0.4, 0.5) is 4.39 Å². The van der Waals surface area contributed by atoms with Gasteiger partial charge in [0.2, 0.25) is 0 Å². The first-order valence-corrected chi connectivity index (χ1v) is 6.03. The van der Waals surface area contributed by atoms with Gasteiger partial charge in [-0.1, -0.05) is 11.6 Å². The molecule has 1 N–H and O–H groups in total. The lowest BCUT2D eigenvalue weighted by atomic mass is 10.2. The van der Waals surface area contributed by atoms with E-state index in [1.54, 1.807) is 12.1 Å². The third-order valence-electron chi connectivity index (χ3n) is 3.02. The van der Waals surface area contributed by atoms with Gasteiger partial charge < -0.3 is 5.11 Å². The van der Waals surface area contributed by atoms with Gasteiger partial charge in [0.1, 0.15) is 5.69 Å². The lowest BCUT2D eigenvalue weighted by molar-refractivity contribution is 0.0687. The van der Waals surface area contributed by atoms with Gasteiger partial charge in [-0.3, -0.25) is 0 Å². The number of hydrogen-bond acceptors (Lipinski definition) is 3. The van der Waals surface area contributed by atoms with Crippen molar-refractivity contribution in [2.24, 2.45) is 0 Å². The number of alkyl halides is 1. The summed E-state index contributed by atoms with van der Waals surface area (Å²) < 4.78 is 15.1. The molecule has 1 saturated carbocycles. The first-order chi connectivity index (χ1) is 9.01. The molecule has 0 spiro atoms. The number of carboxylic acid groups (broad SMARTS) is 1. The van der Waals surface area contributed by atoms with Gasteiger partial charge in [0.15, 0.2) is 17.2 Å². The average molecular weight is 282 g/mol. The summed E-state index contributed by atoms with van der Waals surface area (Å²) in [6.45, 7) is 0. The molecule has 0 atom stereocenters. The fourth-order valence-electron chi connectivity index (χ4n) is 1.81. The molecule has 0 bridgehead atoms. The predicted octanol–water partition coefficient (Wildman–Crippen LogP) is 2.58. The van der Waals surface area contributed by atoms with Crippen LogP contribution in [0, 0.1) is 0 Å². The van der Waals surface area contributed by atoms with Crippen molar-refractivity contribution in [3.63, 3.8) is 0 Å². The standard InChI is InChI=1S/C12H9ClFN3O2/c13-7-2-1-5-15-10(7)17-8(11(18)19)6-9(16-17)12(14)3-4-12/h1-2,5-6H,3-4H2,(H,18,19). The van der Waals surface area contributed by atoms with E-state index in [0.29, 0.717) is 12.8 Å². The van der Waals surface area contributed by atoms with Crippen LogP contribution in [0.1, 0.15) is 29.0 Å². The Morgan fingerprint density at radius 2 is 2.26 bits per heavy atom. The maximum absolute atomic E-state index is 14.0. The first-order valence-electron chi connectivity index (χ1n) is 5.65. The van der Waals surface area contributed by atoms with Gasteiger partial charge in [0, 0.05) is 6.20 Å². The first kappa shape index (κ1) is 12.1. The molecule has 5 nitrogen and oxygen atoms in total. The number of carbonyl (C=O) groups is 1. The van der Waals surface area contributed by atoms with Crippen LogP contribution in [0.5, 0.6) is 0 Å². The third kappa shape index (κ3) is 1.98. The Bertz CT molecular complexity index is 667. The summed E-state index contributed by atoms with van der Waals surface area (Å²) in [6.07, 6.45) is 2.19. The molecule has 1 aliphatic carbocycles. The predicted molar refractivity (Wildman–Crippen MR) is 65.3 cm³/mol. The number of aromatic carboxylic acids is 1. The van der Waals surface area contributed by atoms with Crippen molar-refractivity contribution in [1.29, 1.82) is 0 Å². The lowest BCUT2D eigenvalue weighted by Gasteiger charge is -2.05. The van der Waals surface area contributed by atoms with Crippen molar-refractivity contribution < 1.29 is 14.3 Å². The molecule has 0 aromatic carbocycles. The van der Waals surface area contributed by atoms with Crippen LogP contribution in [0.15, 0.2) is 24.4 Å². The molecule has 2 aromatic rings. The maximum atomic E-state index is 14.0. The molecule has 0 radical (unpaired) electrons. The zero-order valence-corrected chi connectivity index (χ0v) is 10.4. The van der Waals surface area contributed by atoms with Crippen LogP contribution in [0.2, 0.25) is 5.02 Å². The molecule has 7 heteroatoms. The molecule has 0 aliphatic heterocycles. The molecule has 98 valence electrons. The Kier molecular flexibility index (Phi) is 2.56. The molecule has 1 aliphatic rings. The van der Waals surface area contributed by atoms with Crippen molar-refractivity contribution in [2.45, 2.75) is 18.5 Å². The van der Waals surface area contributed by atoms with Crippen LogP contribution in [-0.4, -0.2) is 25.8 Å². The number of rotatable bonds is 3. The Morgan fingerprint density at radius 3 is 2.84 bits per heavy atom. The highest BCUT2D eigenvalue weighted by atomic mass is 35.5. The number of pyridine rings is 1. The molecule has 2 aromatic heterocycles. The maximum Gasteiger partial charge on any atom is 0.354 e. The van der Waals surface area contributed by atoms with Crippen LogP contribution in [0.3, 0.4) is 0 Å². The fourth-order valence-corrected chi connectivity index (χ4v) is 2.01. The highest BCUT2D eigenvalue weighted by Gasteiger charge is 2.48. The summed E-state index contributed by atoms with van der Waals surface area (Å²) in [5, 5.41) is 13.4. The van der Waals surface area contributed by atoms with Gasteiger partial charge in [-0.25, -0.2) is 18.9 Å². The summed E-state index contributed by atoms with van der Waals surface area (Å²) in [5.41, 5.74) is -1.54. The van der Waals surface area contributed by atoms with E-state index in [-0.39, 0.29) is 22.2 Å². The highest BCUT2D eigenvalue weighted by Crippen LogP contribution is 2.49. The number of aromatic nitrogens is 3. The number of carboxylic acids is 1. The second kappa shape index (κ2) is 4.03. The summed E-state index contributed by atoms with van der Waals surface area (Å²) in [4.78, 5) is 15.2. The Morgan fingerprint density at radius 1 is 1.53 bits per heavy atom. The molecule has 2 heterocycles. The normalized spacial score (nSPS) is 16.3.